The van der Waals surface area contributed by atoms with Crippen LogP contribution in [0.1, 0.15) is 20.8 Å². The minimum Gasteiger partial charge on any atom is -0.478 e. The van der Waals surface area contributed by atoms with Crippen molar-refractivity contribution < 1.29 is 29.2 Å². The van der Waals surface area contributed by atoms with E-state index in [1.165, 1.54) is 6.07 Å². The van der Waals surface area contributed by atoms with Gasteiger partial charge in [0, 0.05) is 12.2 Å². The Morgan fingerprint density at radius 3 is 2.25 bits per heavy atom. The van der Waals surface area contributed by atoms with Crippen LogP contribution in [0.4, 0.5) is 0 Å². The Bertz CT molecular complexity index is 513. The number of hydrogen-bond donors (Lipinski definition) is 1. The number of rotatable bonds is 5. The van der Waals surface area contributed by atoms with Crippen molar-refractivity contribution in [2.24, 2.45) is 0 Å². The Kier molecular flexibility index (Phi) is 5.28. The van der Waals surface area contributed by atoms with Gasteiger partial charge in [-0.15, -0.1) is 0 Å². The number of benzene rings is 1. The first-order valence-electron chi connectivity index (χ1n) is 5.85. The molecule has 1 N–H and O–H groups in total. The van der Waals surface area contributed by atoms with E-state index in [1.807, 2.05) is 0 Å². The first kappa shape index (κ1) is 15.7. The number of hydrogen-bond acceptors (Lipinski definition) is 5. The molecule has 0 heterocycles. The summed E-state index contributed by atoms with van der Waals surface area (Å²) >= 11 is 0. The van der Waals surface area contributed by atoms with Gasteiger partial charge in [0.25, 0.3) is 0 Å². The Morgan fingerprint density at radius 2 is 1.70 bits per heavy atom. The molecule has 1 aromatic rings. The highest BCUT2D eigenvalue weighted by molar-refractivity contribution is 5.91. The predicted octanol–water partition coefficient (Wildman–Crippen LogP) is 2.34. The lowest BCUT2D eigenvalue weighted by atomic mass is 10.2. The van der Waals surface area contributed by atoms with Gasteiger partial charge in [0.2, 0.25) is 5.75 Å². The number of ether oxygens (including phenoxy) is 1. The lowest BCUT2D eigenvalue weighted by molar-refractivity contribution is -0.275. The zero-order valence-electron chi connectivity index (χ0n) is 11.5. The fraction of sp³-hybridized carbons (Fsp3) is 0.286. The molecule has 0 bridgehead atoms. The topological polar surface area (TPSA) is 82.1 Å². The number of carboxylic acids is 1. The number of esters is 1. The first-order valence-corrected chi connectivity index (χ1v) is 5.85. The van der Waals surface area contributed by atoms with Gasteiger partial charge < -0.3 is 14.7 Å². The van der Waals surface area contributed by atoms with Gasteiger partial charge >= 0.3 is 11.9 Å². The van der Waals surface area contributed by atoms with Crippen molar-refractivity contribution in [2.45, 2.75) is 26.4 Å². The molecule has 0 saturated heterocycles. The summed E-state index contributed by atoms with van der Waals surface area (Å²) in [6, 6.07) is 6.41. The highest BCUT2D eigenvalue weighted by Crippen LogP contribution is 2.28. The molecule has 0 aromatic heterocycles. The van der Waals surface area contributed by atoms with Gasteiger partial charge in [0.1, 0.15) is 5.60 Å². The van der Waals surface area contributed by atoms with Crippen LogP contribution < -0.4 is 9.62 Å². The minimum absolute atomic E-state index is 0.136. The number of carboxylic acid groups (broad SMARTS) is 1. The van der Waals surface area contributed by atoms with Crippen LogP contribution in [0.15, 0.2) is 36.4 Å². The second-order valence-corrected chi connectivity index (χ2v) is 4.82. The fourth-order valence-electron chi connectivity index (χ4n) is 1.05. The van der Waals surface area contributed by atoms with E-state index >= 15 is 0 Å². The fourth-order valence-corrected chi connectivity index (χ4v) is 1.05. The van der Waals surface area contributed by atoms with E-state index in [0.717, 1.165) is 6.08 Å². The number of para-hydroxylation sites is 2. The second-order valence-electron chi connectivity index (χ2n) is 4.82. The Hall–Kier alpha value is -2.34. The average Bonchev–Trinajstić information content (AvgIpc) is 2.34. The van der Waals surface area contributed by atoms with Crippen LogP contribution in [0, 0.1) is 0 Å². The van der Waals surface area contributed by atoms with Crippen LogP contribution in [0.25, 0.3) is 0 Å². The molecular formula is C14H16O6. The molecule has 1 aromatic carbocycles. The molecule has 0 fully saturated rings. The zero-order chi connectivity index (χ0) is 15.2. The normalized spacial score (nSPS) is 11.3. The maximum atomic E-state index is 11.4. The molecular weight excluding hydrogens is 264 g/mol. The molecule has 0 amide bonds. The van der Waals surface area contributed by atoms with E-state index in [0.29, 0.717) is 6.08 Å². The Morgan fingerprint density at radius 1 is 1.10 bits per heavy atom. The number of carbonyl (C=O) groups is 2. The summed E-state index contributed by atoms with van der Waals surface area (Å²) in [4.78, 5) is 31.9. The number of carbonyl (C=O) groups excluding carboxylic acids is 1. The monoisotopic (exact) mass is 280 g/mol. The molecule has 0 aliphatic heterocycles. The third-order valence-corrected chi connectivity index (χ3v) is 1.80. The quantitative estimate of drug-likeness (QED) is 0.293. The summed E-state index contributed by atoms with van der Waals surface area (Å²) in [6.07, 6.45) is 1.50. The van der Waals surface area contributed by atoms with Gasteiger partial charge in [0.15, 0.2) is 5.75 Å². The van der Waals surface area contributed by atoms with Crippen LogP contribution in [0.5, 0.6) is 11.5 Å². The highest BCUT2D eigenvalue weighted by atomic mass is 17.2. The molecule has 0 radical (unpaired) electrons. The summed E-state index contributed by atoms with van der Waals surface area (Å²) in [6.45, 7) is 5.41. The standard InChI is InChI=1S/C14H16O6/c1-14(2,3)20-19-11-7-5-4-6-10(11)18-13(17)9-8-12(15)16/h4-9H,1-3H3,(H,15,16)/b9-8+. The summed E-state index contributed by atoms with van der Waals surface area (Å²) in [5.41, 5.74) is -0.527. The Balaban J connectivity index is 2.75. The molecule has 0 aliphatic rings. The lowest BCUT2D eigenvalue weighted by Gasteiger charge is -2.18. The predicted molar refractivity (Wildman–Crippen MR) is 70.3 cm³/mol. The molecule has 0 saturated carbocycles. The second kappa shape index (κ2) is 6.72. The third-order valence-electron chi connectivity index (χ3n) is 1.80. The summed E-state index contributed by atoms with van der Waals surface area (Å²) in [5, 5.41) is 8.42. The van der Waals surface area contributed by atoms with E-state index in [-0.39, 0.29) is 11.5 Å². The molecule has 108 valence electrons. The summed E-state index contributed by atoms with van der Waals surface area (Å²) in [5.74, 6) is -1.70. The summed E-state index contributed by atoms with van der Waals surface area (Å²) in [7, 11) is 0. The van der Waals surface area contributed by atoms with Gasteiger partial charge in [-0.05, 0) is 32.9 Å². The van der Waals surface area contributed by atoms with Crippen LogP contribution in [-0.4, -0.2) is 22.6 Å². The largest absolute Gasteiger partial charge is 0.478 e. The first-order chi connectivity index (χ1) is 9.28. The molecule has 0 aliphatic carbocycles. The van der Waals surface area contributed by atoms with Crippen LogP contribution in [0.2, 0.25) is 0 Å². The lowest BCUT2D eigenvalue weighted by Crippen LogP contribution is -2.21. The van der Waals surface area contributed by atoms with E-state index in [2.05, 4.69) is 0 Å². The zero-order valence-corrected chi connectivity index (χ0v) is 11.5. The maximum Gasteiger partial charge on any atom is 0.336 e. The van der Waals surface area contributed by atoms with Gasteiger partial charge in [0.05, 0.1) is 0 Å². The van der Waals surface area contributed by atoms with E-state index in [9.17, 15) is 9.59 Å². The molecule has 0 spiro atoms. The molecule has 20 heavy (non-hydrogen) atoms. The third kappa shape index (κ3) is 6.01. The number of aliphatic carboxylic acids is 1. The SMILES string of the molecule is CC(C)(C)OOc1ccccc1OC(=O)/C=C/C(=O)O. The van der Waals surface area contributed by atoms with Crippen molar-refractivity contribution in [3.8, 4) is 11.5 Å². The van der Waals surface area contributed by atoms with Crippen LogP contribution >= 0.6 is 0 Å². The smallest absolute Gasteiger partial charge is 0.336 e. The van der Waals surface area contributed by atoms with Crippen LogP contribution in [0.3, 0.4) is 0 Å². The van der Waals surface area contributed by atoms with Crippen molar-refractivity contribution in [1.29, 1.82) is 0 Å². The average molecular weight is 280 g/mol. The van der Waals surface area contributed by atoms with Crippen molar-refractivity contribution in [1.82, 2.24) is 0 Å². The minimum atomic E-state index is -1.23. The molecule has 6 heteroatoms. The van der Waals surface area contributed by atoms with Gasteiger partial charge in [-0.25, -0.2) is 9.59 Å². The highest BCUT2D eigenvalue weighted by Gasteiger charge is 2.15. The maximum absolute atomic E-state index is 11.4. The van der Waals surface area contributed by atoms with Crippen molar-refractivity contribution in [3.05, 3.63) is 36.4 Å². The molecule has 0 atom stereocenters. The van der Waals surface area contributed by atoms with E-state index in [4.69, 9.17) is 19.6 Å². The Labute approximate surface area is 116 Å². The van der Waals surface area contributed by atoms with E-state index in [1.54, 1.807) is 39.0 Å². The molecule has 6 nitrogen and oxygen atoms in total. The molecule has 0 unspecified atom stereocenters. The van der Waals surface area contributed by atoms with Crippen molar-refractivity contribution in [2.75, 3.05) is 0 Å². The van der Waals surface area contributed by atoms with Crippen molar-refractivity contribution >= 4 is 11.9 Å². The molecule has 1 rings (SSSR count). The van der Waals surface area contributed by atoms with Crippen molar-refractivity contribution in [3.63, 3.8) is 0 Å². The van der Waals surface area contributed by atoms with Gasteiger partial charge in [-0.1, -0.05) is 12.1 Å². The van der Waals surface area contributed by atoms with Gasteiger partial charge in [-0.2, -0.15) is 4.89 Å². The van der Waals surface area contributed by atoms with Gasteiger partial charge in [-0.3, -0.25) is 0 Å². The summed E-state index contributed by atoms with van der Waals surface area (Å²) < 4.78 is 4.97. The van der Waals surface area contributed by atoms with E-state index < -0.39 is 17.5 Å². The van der Waals surface area contributed by atoms with Crippen LogP contribution in [-0.2, 0) is 14.5 Å².